The molecule has 0 heterocycles. The van der Waals surface area contributed by atoms with Gasteiger partial charge in [0.25, 0.3) is 0 Å². The van der Waals surface area contributed by atoms with Gasteiger partial charge in [-0.3, -0.25) is 0 Å². The maximum atomic E-state index is 5.40. The first-order chi connectivity index (χ1) is 9.65. The van der Waals surface area contributed by atoms with E-state index in [1.165, 1.54) is 0 Å². The van der Waals surface area contributed by atoms with Crippen LogP contribution in [0, 0.1) is 0 Å². The molecule has 0 aromatic heterocycles. The lowest BCUT2D eigenvalue weighted by Crippen LogP contribution is -2.11. The average molecular weight is 352 g/mol. The Balaban J connectivity index is 2.31. The number of nitrogens with one attached hydrogen (secondary N) is 1. The number of halogens is 1. The first kappa shape index (κ1) is 14.8. The van der Waals surface area contributed by atoms with Crippen LogP contribution in [0.5, 0.6) is 11.5 Å². The second kappa shape index (κ2) is 6.72. The van der Waals surface area contributed by atoms with Crippen molar-refractivity contribution in [3.8, 4) is 11.5 Å². The number of thiocarbonyl (C=S) groups is 1. The Morgan fingerprint density at radius 3 is 2.30 bits per heavy atom. The Bertz CT molecular complexity index is 617. The molecule has 20 heavy (non-hydrogen) atoms. The van der Waals surface area contributed by atoms with Gasteiger partial charge in [-0.25, -0.2) is 0 Å². The van der Waals surface area contributed by atoms with Gasteiger partial charge in [-0.1, -0.05) is 42.5 Å². The molecule has 0 radical (unpaired) electrons. The van der Waals surface area contributed by atoms with E-state index in [0.29, 0.717) is 16.5 Å². The molecule has 0 aliphatic carbocycles. The molecule has 0 bridgehead atoms. The van der Waals surface area contributed by atoms with E-state index in [1.807, 2.05) is 42.5 Å². The van der Waals surface area contributed by atoms with Crippen LogP contribution in [0.2, 0.25) is 0 Å². The third kappa shape index (κ3) is 3.29. The molecule has 0 aliphatic rings. The fourth-order valence-electron chi connectivity index (χ4n) is 1.74. The zero-order chi connectivity index (χ0) is 14.5. The average Bonchev–Trinajstić information content (AvgIpc) is 2.49. The molecule has 2 aromatic carbocycles. The van der Waals surface area contributed by atoms with Crippen LogP contribution < -0.4 is 14.8 Å². The summed E-state index contributed by atoms with van der Waals surface area (Å²) >= 11 is 8.83. The summed E-state index contributed by atoms with van der Waals surface area (Å²) in [6.07, 6.45) is 0. The van der Waals surface area contributed by atoms with Crippen LogP contribution in [-0.4, -0.2) is 19.2 Å². The number of hydrogen-bond donors (Lipinski definition) is 1. The van der Waals surface area contributed by atoms with Gasteiger partial charge in [-0.15, -0.1) is 0 Å². The van der Waals surface area contributed by atoms with E-state index in [2.05, 4.69) is 21.2 Å². The monoisotopic (exact) mass is 351 g/mol. The second-order valence-electron chi connectivity index (χ2n) is 4.01. The molecule has 0 aliphatic heterocycles. The smallest absolute Gasteiger partial charge is 0.143 e. The number of methoxy groups -OCH3 is 2. The summed E-state index contributed by atoms with van der Waals surface area (Å²) in [5.74, 6) is 1.40. The summed E-state index contributed by atoms with van der Waals surface area (Å²) in [7, 11) is 3.23. The maximum absolute atomic E-state index is 5.40. The first-order valence-corrected chi connectivity index (χ1v) is 7.13. The van der Waals surface area contributed by atoms with E-state index in [4.69, 9.17) is 21.7 Å². The van der Waals surface area contributed by atoms with Crippen LogP contribution in [-0.2, 0) is 0 Å². The second-order valence-corrected chi connectivity index (χ2v) is 5.27. The highest BCUT2D eigenvalue weighted by molar-refractivity contribution is 9.10. The Kier molecular flexibility index (Phi) is 4.98. The van der Waals surface area contributed by atoms with Gasteiger partial charge in [-0.2, -0.15) is 0 Å². The molecule has 0 saturated heterocycles. The minimum atomic E-state index is 0.633. The van der Waals surface area contributed by atoms with Gasteiger partial charge in [0, 0.05) is 17.7 Å². The topological polar surface area (TPSA) is 30.5 Å². The van der Waals surface area contributed by atoms with Gasteiger partial charge in [0.1, 0.15) is 16.5 Å². The minimum Gasteiger partial charge on any atom is -0.495 e. The van der Waals surface area contributed by atoms with Crippen molar-refractivity contribution in [3.63, 3.8) is 0 Å². The van der Waals surface area contributed by atoms with Gasteiger partial charge < -0.3 is 14.8 Å². The van der Waals surface area contributed by atoms with E-state index >= 15 is 0 Å². The van der Waals surface area contributed by atoms with Gasteiger partial charge >= 0.3 is 0 Å². The van der Waals surface area contributed by atoms with Crippen LogP contribution in [0.1, 0.15) is 5.56 Å². The lowest BCUT2D eigenvalue weighted by atomic mass is 10.2. The quantitative estimate of drug-likeness (QED) is 0.834. The highest BCUT2D eigenvalue weighted by Gasteiger charge is 2.11. The molecular formula is C15H14BrNO2S. The van der Waals surface area contributed by atoms with E-state index in [0.717, 1.165) is 15.7 Å². The van der Waals surface area contributed by atoms with Crippen molar-refractivity contribution in [1.82, 2.24) is 0 Å². The van der Waals surface area contributed by atoms with Crippen LogP contribution in [0.25, 0.3) is 0 Å². The molecule has 104 valence electrons. The molecule has 0 unspecified atom stereocenters. The molecular weight excluding hydrogens is 338 g/mol. The largest absolute Gasteiger partial charge is 0.495 e. The molecule has 1 N–H and O–H groups in total. The van der Waals surface area contributed by atoms with Crippen molar-refractivity contribution in [2.45, 2.75) is 0 Å². The lowest BCUT2D eigenvalue weighted by molar-refractivity contribution is 0.402. The minimum absolute atomic E-state index is 0.633. The van der Waals surface area contributed by atoms with Gasteiger partial charge in [-0.05, 0) is 15.9 Å². The van der Waals surface area contributed by atoms with Crippen LogP contribution in [0.3, 0.4) is 0 Å². The highest BCUT2D eigenvalue weighted by atomic mass is 79.9. The molecule has 2 rings (SSSR count). The summed E-state index contributed by atoms with van der Waals surface area (Å²) in [6, 6.07) is 13.4. The number of anilines is 1. The number of benzene rings is 2. The molecule has 5 heteroatoms. The normalized spacial score (nSPS) is 9.95. The summed E-state index contributed by atoms with van der Waals surface area (Å²) in [5, 5.41) is 3.19. The summed E-state index contributed by atoms with van der Waals surface area (Å²) in [5.41, 5.74) is 1.72. The number of hydrogen-bond acceptors (Lipinski definition) is 3. The summed E-state index contributed by atoms with van der Waals surface area (Å²) in [6.45, 7) is 0. The van der Waals surface area contributed by atoms with Crippen LogP contribution >= 0.6 is 28.1 Å². The molecule has 3 nitrogen and oxygen atoms in total. The third-order valence-corrected chi connectivity index (χ3v) is 3.72. The zero-order valence-electron chi connectivity index (χ0n) is 11.1. The van der Waals surface area contributed by atoms with Crippen molar-refractivity contribution in [2.75, 3.05) is 19.5 Å². The van der Waals surface area contributed by atoms with E-state index in [-0.39, 0.29) is 0 Å². The van der Waals surface area contributed by atoms with Crippen molar-refractivity contribution < 1.29 is 9.47 Å². The van der Waals surface area contributed by atoms with Crippen molar-refractivity contribution in [3.05, 3.63) is 52.5 Å². The highest BCUT2D eigenvalue weighted by Crippen LogP contribution is 2.36. The number of rotatable bonds is 4. The number of ether oxygens (including phenoxy) is 2. The first-order valence-electron chi connectivity index (χ1n) is 5.93. The Morgan fingerprint density at radius 2 is 1.70 bits per heavy atom. The van der Waals surface area contributed by atoms with Gasteiger partial charge in [0.05, 0.1) is 24.4 Å². The summed E-state index contributed by atoms with van der Waals surface area (Å²) in [4.78, 5) is 0.633. The zero-order valence-corrected chi connectivity index (χ0v) is 13.5. The Morgan fingerprint density at radius 1 is 1.05 bits per heavy atom. The fraction of sp³-hybridized carbons (Fsp3) is 0.133. The van der Waals surface area contributed by atoms with Crippen LogP contribution in [0.15, 0.2) is 46.9 Å². The SMILES string of the molecule is COc1cc(NC(=S)c2ccccc2)c(OC)cc1Br. The summed E-state index contributed by atoms with van der Waals surface area (Å²) < 4.78 is 11.5. The van der Waals surface area contributed by atoms with Gasteiger partial charge in [0.2, 0.25) is 0 Å². The molecule has 0 saturated carbocycles. The van der Waals surface area contributed by atoms with E-state index in [1.54, 1.807) is 14.2 Å². The maximum Gasteiger partial charge on any atom is 0.143 e. The van der Waals surface area contributed by atoms with Crippen molar-refractivity contribution in [1.29, 1.82) is 0 Å². The molecule has 0 atom stereocenters. The van der Waals surface area contributed by atoms with E-state index < -0.39 is 0 Å². The van der Waals surface area contributed by atoms with Crippen molar-refractivity contribution in [2.24, 2.45) is 0 Å². The molecule has 0 fully saturated rings. The predicted molar refractivity (Wildman–Crippen MR) is 89.0 cm³/mol. The van der Waals surface area contributed by atoms with E-state index in [9.17, 15) is 0 Å². The Hall–Kier alpha value is -1.59. The van der Waals surface area contributed by atoms with Crippen molar-refractivity contribution >= 4 is 38.8 Å². The molecule has 0 amide bonds. The third-order valence-electron chi connectivity index (χ3n) is 2.76. The Labute approximate surface area is 132 Å². The molecule has 2 aromatic rings. The molecule has 0 spiro atoms. The predicted octanol–water partition coefficient (Wildman–Crippen LogP) is 4.25. The fourth-order valence-corrected chi connectivity index (χ4v) is 2.47. The van der Waals surface area contributed by atoms with Gasteiger partial charge in [0.15, 0.2) is 0 Å². The standard InChI is InChI=1S/C15H14BrNO2S/c1-18-13-9-12(14(19-2)8-11(13)16)17-15(20)10-6-4-3-5-7-10/h3-9H,1-2H3,(H,17,20). The lowest BCUT2D eigenvalue weighted by Gasteiger charge is -2.14. The van der Waals surface area contributed by atoms with Crippen LogP contribution in [0.4, 0.5) is 5.69 Å².